The molecule has 0 atom stereocenters. The van der Waals surface area contributed by atoms with Gasteiger partial charge in [-0.25, -0.2) is 0 Å². The molecule has 1 amide bonds. The van der Waals surface area contributed by atoms with Crippen molar-refractivity contribution in [3.05, 3.63) is 60.2 Å². The molecule has 5 nitrogen and oxygen atoms in total. The second-order valence-electron chi connectivity index (χ2n) is 5.10. The van der Waals surface area contributed by atoms with E-state index in [4.69, 9.17) is 9.47 Å². The maximum Gasteiger partial charge on any atom is 0.258 e. The fraction of sp³-hybridized carbons (Fsp3) is 0.263. The number of hydrogen-bond acceptors (Lipinski definition) is 4. The van der Waals surface area contributed by atoms with Crippen LogP contribution >= 0.6 is 0 Å². The van der Waals surface area contributed by atoms with Gasteiger partial charge in [0, 0.05) is 12.0 Å². The molecular formula is C19H21NO4. The Labute approximate surface area is 141 Å². The maximum atomic E-state index is 11.7. The van der Waals surface area contributed by atoms with Gasteiger partial charge in [0.2, 0.25) is 0 Å². The van der Waals surface area contributed by atoms with Crippen LogP contribution in [0.3, 0.4) is 0 Å². The predicted molar refractivity (Wildman–Crippen MR) is 91.5 cm³/mol. The number of para-hydroxylation sites is 1. The van der Waals surface area contributed by atoms with Gasteiger partial charge in [-0.2, -0.15) is 0 Å². The molecule has 0 spiro atoms. The van der Waals surface area contributed by atoms with Crippen molar-refractivity contribution in [2.45, 2.75) is 13.3 Å². The number of carbonyl (C=O) groups is 2. The summed E-state index contributed by atoms with van der Waals surface area (Å²) >= 11 is 0. The van der Waals surface area contributed by atoms with Gasteiger partial charge < -0.3 is 14.8 Å². The van der Waals surface area contributed by atoms with Crippen molar-refractivity contribution < 1.29 is 19.1 Å². The van der Waals surface area contributed by atoms with Crippen LogP contribution in [0, 0.1) is 0 Å². The van der Waals surface area contributed by atoms with Gasteiger partial charge in [0.15, 0.2) is 12.4 Å². The standard InChI is InChI=1S/C19H21NO4/c1-2-18(21)15-8-10-17(11-9-15)24-14-19(22)20-12-13-23-16-6-4-3-5-7-16/h3-11H,2,12-14H2,1H3,(H,20,22). The van der Waals surface area contributed by atoms with Crippen LogP contribution in [0.4, 0.5) is 0 Å². The third-order valence-electron chi connectivity index (χ3n) is 3.30. The van der Waals surface area contributed by atoms with Gasteiger partial charge in [0.1, 0.15) is 18.1 Å². The third kappa shape index (κ3) is 5.76. The molecule has 126 valence electrons. The number of amides is 1. The zero-order chi connectivity index (χ0) is 17.2. The lowest BCUT2D eigenvalue weighted by Crippen LogP contribution is -2.32. The molecule has 0 aliphatic heterocycles. The highest BCUT2D eigenvalue weighted by Gasteiger charge is 2.05. The van der Waals surface area contributed by atoms with Crippen molar-refractivity contribution in [2.24, 2.45) is 0 Å². The van der Waals surface area contributed by atoms with Crippen LogP contribution < -0.4 is 14.8 Å². The molecule has 0 unspecified atom stereocenters. The Morgan fingerprint density at radius 1 is 0.917 bits per heavy atom. The van der Waals surface area contributed by atoms with Crippen molar-refractivity contribution in [2.75, 3.05) is 19.8 Å². The number of rotatable bonds is 9. The summed E-state index contributed by atoms with van der Waals surface area (Å²) in [7, 11) is 0. The number of hydrogen-bond donors (Lipinski definition) is 1. The summed E-state index contributed by atoms with van der Waals surface area (Å²) < 4.78 is 10.9. The molecule has 0 bridgehead atoms. The molecule has 2 aromatic carbocycles. The van der Waals surface area contributed by atoms with E-state index in [-0.39, 0.29) is 18.3 Å². The lowest BCUT2D eigenvalue weighted by atomic mass is 10.1. The first-order valence-electron chi connectivity index (χ1n) is 7.89. The summed E-state index contributed by atoms with van der Waals surface area (Å²) in [5, 5.41) is 2.72. The minimum Gasteiger partial charge on any atom is -0.492 e. The molecule has 2 rings (SSSR count). The molecule has 0 fully saturated rings. The second-order valence-corrected chi connectivity index (χ2v) is 5.10. The van der Waals surface area contributed by atoms with Crippen LogP contribution in [0.1, 0.15) is 23.7 Å². The molecule has 0 heterocycles. The van der Waals surface area contributed by atoms with E-state index in [2.05, 4.69) is 5.32 Å². The molecule has 0 aromatic heterocycles. The largest absolute Gasteiger partial charge is 0.492 e. The molecular weight excluding hydrogens is 306 g/mol. The topological polar surface area (TPSA) is 64.6 Å². The number of benzene rings is 2. The van der Waals surface area contributed by atoms with Crippen molar-refractivity contribution in [3.63, 3.8) is 0 Å². The van der Waals surface area contributed by atoms with E-state index in [1.165, 1.54) is 0 Å². The summed E-state index contributed by atoms with van der Waals surface area (Å²) in [6.07, 6.45) is 0.466. The van der Waals surface area contributed by atoms with Crippen LogP contribution in [0.2, 0.25) is 0 Å². The Hall–Kier alpha value is -2.82. The van der Waals surface area contributed by atoms with Crippen LogP contribution in [-0.2, 0) is 4.79 Å². The Balaban J connectivity index is 1.65. The van der Waals surface area contributed by atoms with Gasteiger partial charge in [-0.05, 0) is 36.4 Å². The van der Waals surface area contributed by atoms with Crippen molar-refractivity contribution in [1.82, 2.24) is 5.32 Å². The summed E-state index contributed by atoms with van der Waals surface area (Å²) in [5.41, 5.74) is 0.646. The Morgan fingerprint density at radius 3 is 2.25 bits per heavy atom. The Kier molecular flexibility index (Phi) is 6.83. The highest BCUT2D eigenvalue weighted by atomic mass is 16.5. The van der Waals surface area contributed by atoms with E-state index < -0.39 is 0 Å². The van der Waals surface area contributed by atoms with Crippen LogP contribution in [-0.4, -0.2) is 31.4 Å². The molecule has 2 aromatic rings. The van der Waals surface area contributed by atoms with Crippen LogP contribution in [0.5, 0.6) is 11.5 Å². The quantitative estimate of drug-likeness (QED) is 0.568. The highest BCUT2D eigenvalue weighted by molar-refractivity contribution is 5.95. The average Bonchev–Trinajstić information content (AvgIpc) is 2.64. The van der Waals surface area contributed by atoms with E-state index in [9.17, 15) is 9.59 Å². The molecule has 5 heteroatoms. The number of carbonyl (C=O) groups excluding carboxylic acids is 2. The lowest BCUT2D eigenvalue weighted by molar-refractivity contribution is -0.123. The van der Waals surface area contributed by atoms with E-state index in [1.54, 1.807) is 24.3 Å². The van der Waals surface area contributed by atoms with E-state index in [0.717, 1.165) is 5.75 Å². The van der Waals surface area contributed by atoms with E-state index in [0.29, 0.717) is 30.9 Å². The summed E-state index contributed by atoms with van der Waals surface area (Å²) in [6.45, 7) is 2.54. The molecule has 0 saturated carbocycles. The number of nitrogens with one attached hydrogen (secondary N) is 1. The zero-order valence-corrected chi connectivity index (χ0v) is 13.7. The minimum absolute atomic E-state index is 0.0770. The molecule has 0 aliphatic carbocycles. The van der Waals surface area contributed by atoms with Gasteiger partial charge >= 0.3 is 0 Å². The molecule has 1 N–H and O–H groups in total. The van der Waals surface area contributed by atoms with Gasteiger partial charge in [-0.3, -0.25) is 9.59 Å². The lowest BCUT2D eigenvalue weighted by Gasteiger charge is -2.09. The smallest absolute Gasteiger partial charge is 0.258 e. The first-order valence-corrected chi connectivity index (χ1v) is 7.89. The first-order chi connectivity index (χ1) is 11.7. The summed E-state index contributed by atoms with van der Waals surface area (Å²) in [4.78, 5) is 23.2. The number of Topliss-reactive ketones (excluding diaryl/α,β-unsaturated/α-hetero) is 1. The fourth-order valence-corrected chi connectivity index (χ4v) is 2.02. The fourth-order valence-electron chi connectivity index (χ4n) is 2.02. The zero-order valence-electron chi connectivity index (χ0n) is 13.7. The summed E-state index contributed by atoms with van der Waals surface area (Å²) in [5.74, 6) is 1.18. The van der Waals surface area contributed by atoms with Gasteiger partial charge in [0.05, 0.1) is 6.54 Å². The maximum absolute atomic E-state index is 11.7. The van der Waals surface area contributed by atoms with Crippen molar-refractivity contribution in [3.8, 4) is 11.5 Å². The number of ether oxygens (including phenoxy) is 2. The minimum atomic E-state index is -0.222. The molecule has 0 radical (unpaired) electrons. The average molecular weight is 327 g/mol. The third-order valence-corrected chi connectivity index (χ3v) is 3.30. The van der Waals surface area contributed by atoms with E-state index in [1.807, 2.05) is 37.3 Å². The van der Waals surface area contributed by atoms with E-state index >= 15 is 0 Å². The number of ketones is 1. The SMILES string of the molecule is CCC(=O)c1ccc(OCC(=O)NCCOc2ccccc2)cc1. The van der Waals surface area contributed by atoms with Gasteiger partial charge in [-0.1, -0.05) is 25.1 Å². The highest BCUT2D eigenvalue weighted by Crippen LogP contribution is 2.13. The Morgan fingerprint density at radius 2 is 1.58 bits per heavy atom. The normalized spacial score (nSPS) is 10.0. The molecule has 0 aliphatic rings. The summed E-state index contributed by atoms with van der Waals surface area (Å²) in [6, 6.07) is 16.2. The molecule has 24 heavy (non-hydrogen) atoms. The second kappa shape index (κ2) is 9.35. The molecule has 0 saturated heterocycles. The monoisotopic (exact) mass is 327 g/mol. The Bertz CT molecular complexity index is 653. The van der Waals surface area contributed by atoms with Crippen LogP contribution in [0.15, 0.2) is 54.6 Å². The van der Waals surface area contributed by atoms with Gasteiger partial charge in [0.25, 0.3) is 5.91 Å². The van der Waals surface area contributed by atoms with Crippen molar-refractivity contribution in [1.29, 1.82) is 0 Å². The van der Waals surface area contributed by atoms with Gasteiger partial charge in [-0.15, -0.1) is 0 Å². The first kappa shape index (κ1) is 17.5. The van der Waals surface area contributed by atoms with Crippen LogP contribution in [0.25, 0.3) is 0 Å². The predicted octanol–water partition coefficient (Wildman–Crippen LogP) is 2.85. The van der Waals surface area contributed by atoms with Crippen molar-refractivity contribution >= 4 is 11.7 Å².